The van der Waals surface area contributed by atoms with Crippen LogP contribution in [0.1, 0.15) is 26.7 Å². The summed E-state index contributed by atoms with van der Waals surface area (Å²) in [5.74, 6) is 0.816. The molecule has 7 heteroatoms. The zero-order chi connectivity index (χ0) is 15.3. The number of nitrogens with zero attached hydrogens (tertiary/aromatic N) is 1. The number of hydrogen-bond donors (Lipinski definition) is 2. The first-order valence-electron chi connectivity index (χ1n) is 7.38. The van der Waals surface area contributed by atoms with Gasteiger partial charge in [-0.05, 0) is 25.8 Å². The third-order valence-corrected chi connectivity index (χ3v) is 5.11. The van der Waals surface area contributed by atoms with Crippen molar-refractivity contribution < 1.29 is 13.2 Å². The van der Waals surface area contributed by atoms with E-state index in [-0.39, 0.29) is 16.9 Å². The summed E-state index contributed by atoms with van der Waals surface area (Å²) >= 11 is 0. The topological polar surface area (TPSA) is 80.3 Å². The summed E-state index contributed by atoms with van der Waals surface area (Å²) < 4.78 is 32.9. The fraction of sp³-hybridized carbons (Fsp3) is 0.643. The minimum atomic E-state index is -3.51. The fourth-order valence-corrected chi connectivity index (χ4v) is 3.64. The average molecular weight is 313 g/mol. The van der Waals surface area contributed by atoms with Crippen molar-refractivity contribution in [3.63, 3.8) is 0 Å². The van der Waals surface area contributed by atoms with Crippen LogP contribution in [0.15, 0.2) is 23.2 Å². The second-order valence-corrected chi connectivity index (χ2v) is 6.89. The van der Waals surface area contributed by atoms with Crippen LogP contribution in [0.3, 0.4) is 0 Å². The van der Waals surface area contributed by atoms with Gasteiger partial charge in [0.1, 0.15) is 5.82 Å². The van der Waals surface area contributed by atoms with Crippen LogP contribution in [0.4, 0.5) is 5.82 Å². The molecule has 1 fully saturated rings. The van der Waals surface area contributed by atoms with Crippen molar-refractivity contribution in [2.45, 2.75) is 37.7 Å². The van der Waals surface area contributed by atoms with Crippen molar-refractivity contribution in [3.8, 4) is 0 Å². The molecule has 0 bridgehead atoms. The predicted molar refractivity (Wildman–Crippen MR) is 81.7 cm³/mol. The van der Waals surface area contributed by atoms with Crippen LogP contribution < -0.4 is 10.0 Å². The van der Waals surface area contributed by atoms with E-state index in [0.717, 1.165) is 12.8 Å². The van der Waals surface area contributed by atoms with Gasteiger partial charge < -0.3 is 10.1 Å². The van der Waals surface area contributed by atoms with Gasteiger partial charge in [0.25, 0.3) is 0 Å². The summed E-state index contributed by atoms with van der Waals surface area (Å²) in [6.07, 6.45) is 3.47. The highest BCUT2D eigenvalue weighted by atomic mass is 32.2. The largest absolute Gasteiger partial charge is 0.378 e. The van der Waals surface area contributed by atoms with E-state index >= 15 is 0 Å². The molecule has 6 nitrogen and oxygen atoms in total. The quantitative estimate of drug-likeness (QED) is 0.799. The zero-order valence-electron chi connectivity index (χ0n) is 12.5. The molecule has 0 aromatic carbocycles. The van der Waals surface area contributed by atoms with Gasteiger partial charge in [0.05, 0.1) is 11.0 Å². The molecule has 2 unspecified atom stereocenters. The molecule has 2 atom stereocenters. The van der Waals surface area contributed by atoms with Crippen LogP contribution in [0, 0.1) is 5.92 Å². The minimum absolute atomic E-state index is 0.155. The molecule has 2 heterocycles. The molecular weight excluding hydrogens is 290 g/mol. The number of rotatable bonds is 7. The number of aromatic nitrogens is 1. The van der Waals surface area contributed by atoms with Crippen LogP contribution in [0.25, 0.3) is 0 Å². The third kappa shape index (κ3) is 4.15. The van der Waals surface area contributed by atoms with E-state index < -0.39 is 10.0 Å². The number of pyridine rings is 1. The Balaban J connectivity index is 2.02. The summed E-state index contributed by atoms with van der Waals surface area (Å²) in [7, 11) is -3.51. The maximum absolute atomic E-state index is 12.3. The number of sulfonamides is 1. The Kier molecular flexibility index (Phi) is 5.55. The van der Waals surface area contributed by atoms with Crippen LogP contribution >= 0.6 is 0 Å². The smallest absolute Gasteiger partial charge is 0.240 e. The first-order valence-corrected chi connectivity index (χ1v) is 8.86. The normalized spacial score (nSPS) is 22.4. The minimum Gasteiger partial charge on any atom is -0.378 e. The Morgan fingerprint density at radius 2 is 2.24 bits per heavy atom. The van der Waals surface area contributed by atoms with Gasteiger partial charge in [0.2, 0.25) is 10.0 Å². The third-order valence-electron chi connectivity index (χ3n) is 3.68. The molecule has 118 valence electrons. The standard InChI is InChI=1S/C14H23N3O3S/c1-3-13-11(6-8-20-13)10-17-21(18,19)12-5-7-16-14(9-12)15-4-2/h5,7,9,11,13,17H,3-4,6,8,10H2,1-2H3,(H,15,16). The van der Waals surface area contributed by atoms with Gasteiger partial charge in [-0.1, -0.05) is 6.92 Å². The Morgan fingerprint density at radius 3 is 2.95 bits per heavy atom. The van der Waals surface area contributed by atoms with Gasteiger partial charge >= 0.3 is 0 Å². The lowest BCUT2D eigenvalue weighted by molar-refractivity contribution is 0.0884. The summed E-state index contributed by atoms with van der Waals surface area (Å²) in [4.78, 5) is 4.32. The van der Waals surface area contributed by atoms with Gasteiger partial charge in [0.15, 0.2) is 0 Å². The molecule has 1 aliphatic heterocycles. The maximum atomic E-state index is 12.3. The summed E-state index contributed by atoms with van der Waals surface area (Å²) in [6, 6.07) is 3.06. The lowest BCUT2D eigenvalue weighted by Gasteiger charge is -2.17. The molecule has 0 radical (unpaired) electrons. The fourth-order valence-electron chi connectivity index (χ4n) is 2.53. The van der Waals surface area contributed by atoms with E-state index in [1.54, 1.807) is 6.07 Å². The van der Waals surface area contributed by atoms with Crippen LogP contribution in [0.5, 0.6) is 0 Å². The summed E-state index contributed by atoms with van der Waals surface area (Å²) in [5, 5.41) is 3.01. The highest BCUT2D eigenvalue weighted by Gasteiger charge is 2.28. The van der Waals surface area contributed by atoms with E-state index in [9.17, 15) is 8.42 Å². The van der Waals surface area contributed by atoms with Crippen LogP contribution in [-0.4, -0.2) is 39.2 Å². The first-order chi connectivity index (χ1) is 10.1. The number of ether oxygens (including phenoxy) is 1. The van der Waals surface area contributed by atoms with E-state index in [2.05, 4.69) is 21.9 Å². The lowest BCUT2D eigenvalue weighted by Crippen LogP contribution is -2.32. The molecular formula is C14H23N3O3S. The predicted octanol–water partition coefficient (Wildman–Crippen LogP) is 1.61. The van der Waals surface area contributed by atoms with E-state index in [4.69, 9.17) is 4.74 Å². The van der Waals surface area contributed by atoms with Gasteiger partial charge in [0, 0.05) is 37.9 Å². The SMILES string of the molecule is CCNc1cc(S(=O)(=O)NCC2CCOC2CC)ccn1. The molecule has 0 amide bonds. The first kappa shape index (κ1) is 16.2. The van der Waals surface area contributed by atoms with Crippen molar-refractivity contribution in [1.82, 2.24) is 9.71 Å². The molecule has 2 rings (SSSR count). The van der Waals surface area contributed by atoms with E-state index in [1.807, 2.05) is 6.92 Å². The molecule has 21 heavy (non-hydrogen) atoms. The van der Waals surface area contributed by atoms with Gasteiger partial charge in [-0.15, -0.1) is 0 Å². The second kappa shape index (κ2) is 7.20. The molecule has 0 aliphatic carbocycles. The molecule has 0 spiro atoms. The van der Waals surface area contributed by atoms with Crippen molar-refractivity contribution in [2.75, 3.05) is 25.0 Å². The highest BCUT2D eigenvalue weighted by molar-refractivity contribution is 7.89. The number of nitrogens with one attached hydrogen (secondary N) is 2. The molecule has 0 saturated carbocycles. The zero-order valence-corrected chi connectivity index (χ0v) is 13.3. The Labute approximate surface area is 126 Å². The number of anilines is 1. The van der Waals surface area contributed by atoms with Crippen LogP contribution in [0.2, 0.25) is 0 Å². The van der Waals surface area contributed by atoms with Gasteiger partial charge in [-0.25, -0.2) is 18.1 Å². The molecule has 1 saturated heterocycles. The summed E-state index contributed by atoms with van der Waals surface area (Å²) in [6.45, 7) is 5.82. The molecule has 1 aromatic rings. The van der Waals surface area contributed by atoms with Crippen molar-refractivity contribution >= 4 is 15.8 Å². The molecule has 1 aliphatic rings. The second-order valence-electron chi connectivity index (χ2n) is 5.13. The maximum Gasteiger partial charge on any atom is 0.240 e. The van der Waals surface area contributed by atoms with E-state index in [1.165, 1.54) is 12.3 Å². The van der Waals surface area contributed by atoms with Crippen molar-refractivity contribution in [3.05, 3.63) is 18.3 Å². The monoisotopic (exact) mass is 313 g/mol. The average Bonchev–Trinajstić information content (AvgIpc) is 2.93. The van der Waals surface area contributed by atoms with E-state index in [0.29, 0.717) is 25.5 Å². The van der Waals surface area contributed by atoms with Gasteiger partial charge in [-0.3, -0.25) is 0 Å². The number of hydrogen-bond acceptors (Lipinski definition) is 5. The Bertz CT molecular complexity index is 562. The summed E-state index contributed by atoms with van der Waals surface area (Å²) in [5.41, 5.74) is 0. The van der Waals surface area contributed by atoms with Crippen molar-refractivity contribution in [1.29, 1.82) is 0 Å². The van der Waals surface area contributed by atoms with Gasteiger partial charge in [-0.2, -0.15) is 0 Å². The Morgan fingerprint density at radius 1 is 1.43 bits per heavy atom. The van der Waals surface area contributed by atoms with Crippen LogP contribution in [-0.2, 0) is 14.8 Å². The lowest BCUT2D eigenvalue weighted by atomic mass is 10.0. The molecule has 1 aromatic heterocycles. The van der Waals surface area contributed by atoms with Crippen molar-refractivity contribution in [2.24, 2.45) is 5.92 Å². The Hall–Kier alpha value is -1.18. The molecule has 2 N–H and O–H groups in total. The highest BCUT2D eigenvalue weighted by Crippen LogP contribution is 2.23.